The van der Waals surface area contributed by atoms with E-state index in [1.54, 1.807) is 0 Å². The Kier molecular flexibility index (Phi) is 4.58. The lowest BCUT2D eigenvalue weighted by Gasteiger charge is -2.16. The lowest BCUT2D eigenvalue weighted by atomic mass is 10.2. The Labute approximate surface area is 116 Å². The van der Waals surface area contributed by atoms with Crippen LogP contribution in [0.4, 0.5) is 0 Å². The van der Waals surface area contributed by atoms with Crippen LogP contribution in [0.15, 0.2) is 45.3 Å². The third kappa shape index (κ3) is 3.45. The van der Waals surface area contributed by atoms with Crippen LogP contribution in [0.3, 0.4) is 0 Å². The molecule has 0 radical (unpaired) electrons. The average molecular weight is 309 g/mol. The third-order valence-corrected chi connectivity index (χ3v) is 3.52. The molecule has 0 aliphatic carbocycles. The molecule has 96 valence electrons. The van der Waals surface area contributed by atoms with E-state index in [9.17, 15) is 0 Å². The van der Waals surface area contributed by atoms with Gasteiger partial charge in [0.2, 0.25) is 0 Å². The van der Waals surface area contributed by atoms with E-state index in [-0.39, 0.29) is 0 Å². The number of nitrogens with zero attached hydrogens (tertiary/aromatic N) is 1. The second kappa shape index (κ2) is 6.18. The van der Waals surface area contributed by atoms with Gasteiger partial charge in [0.1, 0.15) is 11.5 Å². The van der Waals surface area contributed by atoms with Gasteiger partial charge in [0.15, 0.2) is 0 Å². The molecule has 2 rings (SSSR count). The summed E-state index contributed by atoms with van der Waals surface area (Å²) in [4.78, 5) is 2.21. The number of hydrogen-bond donors (Lipinski definition) is 1. The van der Waals surface area contributed by atoms with E-state index in [2.05, 4.69) is 40.0 Å². The van der Waals surface area contributed by atoms with Crippen molar-refractivity contribution in [2.24, 2.45) is 5.73 Å². The zero-order valence-electron chi connectivity index (χ0n) is 10.4. The predicted molar refractivity (Wildman–Crippen MR) is 75.9 cm³/mol. The molecule has 1 aromatic heterocycles. The topological polar surface area (TPSA) is 42.4 Å². The first-order valence-corrected chi connectivity index (χ1v) is 6.68. The van der Waals surface area contributed by atoms with E-state index < -0.39 is 0 Å². The molecule has 0 aliphatic heterocycles. The molecule has 0 amide bonds. The highest BCUT2D eigenvalue weighted by atomic mass is 79.9. The Morgan fingerprint density at radius 3 is 2.50 bits per heavy atom. The Hall–Kier alpha value is -1.10. The summed E-state index contributed by atoms with van der Waals surface area (Å²) >= 11 is 3.56. The summed E-state index contributed by atoms with van der Waals surface area (Å²) < 4.78 is 6.73. The lowest BCUT2D eigenvalue weighted by molar-refractivity contribution is 0.283. The van der Waals surface area contributed by atoms with E-state index in [1.165, 1.54) is 5.56 Å². The van der Waals surface area contributed by atoms with Crippen LogP contribution in [0.25, 0.3) is 0 Å². The Morgan fingerprint density at radius 2 is 1.83 bits per heavy atom. The molecule has 1 aromatic carbocycles. The monoisotopic (exact) mass is 308 g/mol. The number of benzene rings is 1. The maximum absolute atomic E-state index is 5.59. The van der Waals surface area contributed by atoms with Gasteiger partial charge in [-0.1, -0.05) is 34.1 Å². The minimum Gasteiger partial charge on any atom is -0.463 e. The van der Waals surface area contributed by atoms with Gasteiger partial charge in [0, 0.05) is 11.0 Å². The molecule has 2 aromatic rings. The van der Waals surface area contributed by atoms with Crippen molar-refractivity contribution in [3.8, 4) is 0 Å². The van der Waals surface area contributed by atoms with Crippen LogP contribution in [0.1, 0.15) is 17.1 Å². The van der Waals surface area contributed by atoms with Crippen molar-refractivity contribution in [2.75, 3.05) is 7.05 Å². The van der Waals surface area contributed by atoms with Gasteiger partial charge < -0.3 is 10.2 Å². The predicted octanol–water partition coefficient (Wildman–Crippen LogP) is 3.13. The van der Waals surface area contributed by atoms with Gasteiger partial charge in [-0.05, 0) is 30.8 Å². The first-order chi connectivity index (χ1) is 8.69. The van der Waals surface area contributed by atoms with Crippen molar-refractivity contribution in [3.05, 3.63) is 58.0 Å². The van der Waals surface area contributed by atoms with E-state index in [0.717, 1.165) is 29.1 Å². The molecule has 4 heteroatoms. The summed E-state index contributed by atoms with van der Waals surface area (Å²) in [6, 6.07) is 12.2. The van der Waals surface area contributed by atoms with Gasteiger partial charge >= 0.3 is 0 Å². The van der Waals surface area contributed by atoms with Crippen LogP contribution >= 0.6 is 15.9 Å². The lowest BCUT2D eigenvalue weighted by Crippen LogP contribution is -2.17. The summed E-state index contributed by atoms with van der Waals surface area (Å²) in [6.45, 7) is 2.11. The van der Waals surface area contributed by atoms with Crippen LogP contribution in [0, 0.1) is 0 Å². The SMILES string of the molecule is CN(Cc1ccc(CN)o1)Cc1ccccc1Br. The molecule has 1 heterocycles. The van der Waals surface area contributed by atoms with E-state index in [4.69, 9.17) is 10.2 Å². The van der Waals surface area contributed by atoms with Crippen LogP contribution < -0.4 is 5.73 Å². The Morgan fingerprint density at radius 1 is 1.11 bits per heavy atom. The zero-order valence-corrected chi connectivity index (χ0v) is 12.0. The quantitative estimate of drug-likeness (QED) is 0.922. The maximum Gasteiger partial charge on any atom is 0.118 e. The minimum atomic E-state index is 0.452. The molecule has 0 spiro atoms. The highest BCUT2D eigenvalue weighted by Gasteiger charge is 2.07. The molecule has 18 heavy (non-hydrogen) atoms. The van der Waals surface area contributed by atoms with Crippen molar-refractivity contribution in [3.63, 3.8) is 0 Å². The van der Waals surface area contributed by atoms with Crippen molar-refractivity contribution in [1.29, 1.82) is 0 Å². The molecule has 0 aliphatic rings. The molecule has 0 atom stereocenters. The van der Waals surface area contributed by atoms with Crippen molar-refractivity contribution >= 4 is 15.9 Å². The number of hydrogen-bond acceptors (Lipinski definition) is 3. The molecule has 0 fully saturated rings. The molecule has 3 nitrogen and oxygen atoms in total. The van der Waals surface area contributed by atoms with Gasteiger partial charge in [-0.15, -0.1) is 0 Å². The third-order valence-electron chi connectivity index (χ3n) is 2.74. The summed E-state index contributed by atoms with van der Waals surface area (Å²) in [5, 5.41) is 0. The fourth-order valence-electron chi connectivity index (χ4n) is 1.86. The first kappa shape index (κ1) is 13.3. The van der Waals surface area contributed by atoms with Gasteiger partial charge in [-0.2, -0.15) is 0 Å². The Balaban J connectivity index is 1.96. The minimum absolute atomic E-state index is 0.452. The maximum atomic E-state index is 5.59. The normalized spacial score (nSPS) is 11.1. The smallest absolute Gasteiger partial charge is 0.118 e. The van der Waals surface area contributed by atoms with Crippen LogP contribution in [0.2, 0.25) is 0 Å². The summed E-state index contributed by atoms with van der Waals surface area (Å²) in [5.41, 5.74) is 6.79. The van der Waals surface area contributed by atoms with E-state index >= 15 is 0 Å². The van der Waals surface area contributed by atoms with Gasteiger partial charge in [-0.25, -0.2) is 0 Å². The van der Waals surface area contributed by atoms with Crippen LogP contribution in [-0.4, -0.2) is 11.9 Å². The molecular formula is C14H17BrN2O. The van der Waals surface area contributed by atoms with Crippen molar-refractivity contribution in [1.82, 2.24) is 4.90 Å². The number of rotatable bonds is 5. The van der Waals surface area contributed by atoms with Gasteiger partial charge in [-0.3, -0.25) is 4.90 Å². The van der Waals surface area contributed by atoms with Crippen LogP contribution in [-0.2, 0) is 19.6 Å². The average Bonchev–Trinajstić information content (AvgIpc) is 2.80. The van der Waals surface area contributed by atoms with Gasteiger partial charge in [0.05, 0.1) is 13.1 Å². The molecule has 0 unspecified atom stereocenters. The highest BCUT2D eigenvalue weighted by molar-refractivity contribution is 9.10. The number of furan rings is 1. The molecule has 2 N–H and O–H groups in total. The summed E-state index contributed by atoms with van der Waals surface area (Å²) in [5.74, 6) is 1.78. The number of halogens is 1. The largest absolute Gasteiger partial charge is 0.463 e. The fraction of sp³-hybridized carbons (Fsp3) is 0.286. The molecular weight excluding hydrogens is 292 g/mol. The second-order valence-corrected chi connectivity index (χ2v) is 5.19. The fourth-order valence-corrected chi connectivity index (χ4v) is 2.27. The molecule has 0 bridgehead atoms. The summed E-state index contributed by atoms with van der Waals surface area (Å²) in [6.07, 6.45) is 0. The van der Waals surface area contributed by atoms with Crippen molar-refractivity contribution in [2.45, 2.75) is 19.6 Å². The zero-order chi connectivity index (χ0) is 13.0. The Bertz CT molecular complexity index is 510. The highest BCUT2D eigenvalue weighted by Crippen LogP contribution is 2.18. The van der Waals surface area contributed by atoms with E-state index in [0.29, 0.717) is 6.54 Å². The van der Waals surface area contributed by atoms with Crippen molar-refractivity contribution < 1.29 is 4.42 Å². The standard InChI is InChI=1S/C14H17BrN2O/c1-17(9-11-4-2-3-5-14(11)15)10-13-7-6-12(8-16)18-13/h2-7H,8-10,16H2,1H3. The van der Waals surface area contributed by atoms with E-state index in [1.807, 2.05) is 24.3 Å². The second-order valence-electron chi connectivity index (χ2n) is 4.34. The molecule has 0 saturated carbocycles. The first-order valence-electron chi connectivity index (χ1n) is 5.88. The van der Waals surface area contributed by atoms with Crippen LogP contribution in [0.5, 0.6) is 0 Å². The molecule has 0 saturated heterocycles. The number of nitrogens with two attached hydrogens (primary N) is 1. The summed E-state index contributed by atoms with van der Waals surface area (Å²) in [7, 11) is 2.07. The van der Waals surface area contributed by atoms with Gasteiger partial charge in [0.25, 0.3) is 0 Å².